The third kappa shape index (κ3) is 4.84. The molecule has 1 saturated carbocycles. The van der Waals surface area contributed by atoms with Gasteiger partial charge in [-0.2, -0.15) is 0 Å². The maximum absolute atomic E-state index is 5.99. The lowest BCUT2D eigenvalue weighted by Crippen LogP contribution is -2.55. The fourth-order valence-corrected chi connectivity index (χ4v) is 4.96. The fourth-order valence-electron chi connectivity index (χ4n) is 4.56. The van der Waals surface area contributed by atoms with Crippen molar-refractivity contribution in [3.05, 3.63) is 34.3 Å². The van der Waals surface area contributed by atoms with Gasteiger partial charge in [0.25, 0.3) is 0 Å². The molecule has 1 aromatic carbocycles. The molecule has 28 heavy (non-hydrogen) atoms. The predicted molar refractivity (Wildman–Crippen MR) is 127 cm³/mol. The molecule has 7 heteroatoms. The number of hydrogen-bond donors (Lipinski definition) is 1. The standard InChI is InChI=1S/C21H30BrN3O2.HI/c1-23-20(25-10-12-27-19(14-25)18-7-3-11-26-18)24-15-21(8-4-9-21)16-5-2-6-17(22)13-16;/h2,5-6,13,18-19H,3-4,7-12,14-15H2,1H3,(H,23,24);1H. The van der Waals surface area contributed by atoms with Crippen LogP contribution in [0.3, 0.4) is 0 Å². The Bertz CT molecular complexity index is 677. The Kier molecular flexibility index (Phi) is 8.04. The normalized spacial score (nSPS) is 27.1. The summed E-state index contributed by atoms with van der Waals surface area (Å²) in [6, 6.07) is 8.77. The third-order valence-corrected chi connectivity index (χ3v) is 6.81. The van der Waals surface area contributed by atoms with Gasteiger partial charge in [-0.15, -0.1) is 24.0 Å². The van der Waals surface area contributed by atoms with Crippen LogP contribution in [0, 0.1) is 0 Å². The first-order chi connectivity index (χ1) is 13.2. The lowest BCUT2D eigenvalue weighted by Gasteiger charge is -2.44. The number of morpholine rings is 1. The largest absolute Gasteiger partial charge is 0.375 e. The van der Waals surface area contributed by atoms with Gasteiger partial charge < -0.3 is 19.7 Å². The van der Waals surface area contributed by atoms with Crippen molar-refractivity contribution in [3.8, 4) is 0 Å². The van der Waals surface area contributed by atoms with Crippen molar-refractivity contribution < 1.29 is 9.47 Å². The van der Waals surface area contributed by atoms with Crippen LogP contribution in [0.5, 0.6) is 0 Å². The van der Waals surface area contributed by atoms with E-state index in [9.17, 15) is 0 Å². The van der Waals surface area contributed by atoms with Crippen LogP contribution in [0.4, 0.5) is 0 Å². The molecule has 0 radical (unpaired) electrons. The number of guanidine groups is 1. The molecule has 3 fully saturated rings. The fraction of sp³-hybridized carbons (Fsp3) is 0.667. The molecule has 5 nitrogen and oxygen atoms in total. The maximum Gasteiger partial charge on any atom is 0.193 e. The van der Waals surface area contributed by atoms with Gasteiger partial charge in [0.15, 0.2) is 5.96 Å². The van der Waals surface area contributed by atoms with E-state index in [1.807, 2.05) is 7.05 Å². The van der Waals surface area contributed by atoms with Crippen LogP contribution >= 0.6 is 39.9 Å². The van der Waals surface area contributed by atoms with Crippen molar-refractivity contribution in [1.29, 1.82) is 0 Å². The summed E-state index contributed by atoms with van der Waals surface area (Å²) in [7, 11) is 1.88. The first-order valence-corrected chi connectivity index (χ1v) is 10.9. The van der Waals surface area contributed by atoms with E-state index in [0.29, 0.717) is 0 Å². The van der Waals surface area contributed by atoms with E-state index < -0.39 is 0 Å². The molecule has 2 aliphatic heterocycles. The van der Waals surface area contributed by atoms with Crippen LogP contribution in [0.15, 0.2) is 33.7 Å². The second-order valence-electron chi connectivity index (χ2n) is 7.95. The first kappa shape index (κ1) is 22.3. The number of rotatable bonds is 4. The minimum Gasteiger partial charge on any atom is -0.375 e. The van der Waals surface area contributed by atoms with Gasteiger partial charge in [-0.05, 0) is 43.4 Å². The number of nitrogens with zero attached hydrogens (tertiary/aromatic N) is 2. The van der Waals surface area contributed by atoms with Crippen LogP contribution in [-0.2, 0) is 14.9 Å². The molecule has 3 aliphatic rings. The Balaban J connectivity index is 0.00000225. The van der Waals surface area contributed by atoms with Gasteiger partial charge in [0.1, 0.15) is 6.10 Å². The summed E-state index contributed by atoms with van der Waals surface area (Å²) in [6.07, 6.45) is 6.41. The van der Waals surface area contributed by atoms with Gasteiger partial charge in [-0.25, -0.2) is 0 Å². The molecule has 2 atom stereocenters. The highest BCUT2D eigenvalue weighted by Crippen LogP contribution is 2.43. The Morgan fingerprint density at radius 1 is 1.25 bits per heavy atom. The Morgan fingerprint density at radius 2 is 2.07 bits per heavy atom. The molecule has 0 bridgehead atoms. The molecule has 156 valence electrons. The Morgan fingerprint density at radius 3 is 2.71 bits per heavy atom. The van der Waals surface area contributed by atoms with Crippen LogP contribution in [-0.4, -0.2) is 63.0 Å². The van der Waals surface area contributed by atoms with Gasteiger partial charge in [0.05, 0.1) is 12.7 Å². The minimum atomic E-state index is 0. The molecular weight excluding hydrogens is 533 g/mol. The van der Waals surface area contributed by atoms with Crippen LogP contribution in [0.25, 0.3) is 0 Å². The van der Waals surface area contributed by atoms with Crippen LogP contribution in [0.1, 0.15) is 37.7 Å². The van der Waals surface area contributed by atoms with E-state index >= 15 is 0 Å². The predicted octanol–water partition coefficient (Wildman–Crippen LogP) is 3.94. The smallest absolute Gasteiger partial charge is 0.193 e. The summed E-state index contributed by atoms with van der Waals surface area (Å²) in [6.45, 7) is 4.27. The number of benzene rings is 1. The van der Waals surface area contributed by atoms with Gasteiger partial charge in [-0.1, -0.05) is 34.5 Å². The zero-order valence-electron chi connectivity index (χ0n) is 16.5. The highest BCUT2D eigenvalue weighted by Gasteiger charge is 2.39. The lowest BCUT2D eigenvalue weighted by atomic mass is 9.64. The van der Waals surface area contributed by atoms with E-state index in [1.54, 1.807) is 0 Å². The highest BCUT2D eigenvalue weighted by molar-refractivity contribution is 14.0. The average Bonchev–Trinajstić information content (AvgIpc) is 3.19. The van der Waals surface area contributed by atoms with Crippen molar-refractivity contribution in [2.45, 2.75) is 49.7 Å². The van der Waals surface area contributed by atoms with Crippen molar-refractivity contribution in [1.82, 2.24) is 10.2 Å². The summed E-state index contributed by atoms with van der Waals surface area (Å²) < 4.78 is 13.0. The summed E-state index contributed by atoms with van der Waals surface area (Å²) in [5.74, 6) is 0.988. The summed E-state index contributed by atoms with van der Waals surface area (Å²) in [4.78, 5) is 6.91. The minimum absolute atomic E-state index is 0. The van der Waals surface area contributed by atoms with E-state index in [4.69, 9.17) is 9.47 Å². The molecule has 0 aromatic heterocycles. The lowest BCUT2D eigenvalue weighted by molar-refractivity contribution is -0.0817. The topological polar surface area (TPSA) is 46.1 Å². The van der Waals surface area contributed by atoms with Gasteiger partial charge in [0.2, 0.25) is 0 Å². The van der Waals surface area contributed by atoms with E-state index in [-0.39, 0.29) is 41.6 Å². The number of halogens is 2. The molecule has 2 heterocycles. The number of nitrogens with one attached hydrogen (secondary N) is 1. The molecule has 0 amide bonds. The SMILES string of the molecule is CN=C(NCC1(c2cccc(Br)c2)CCC1)N1CCOC(C2CCCO2)C1.I. The van der Waals surface area contributed by atoms with Gasteiger partial charge in [0, 0.05) is 43.2 Å². The van der Waals surface area contributed by atoms with Gasteiger partial charge in [-0.3, -0.25) is 4.99 Å². The van der Waals surface area contributed by atoms with Crippen LogP contribution in [0.2, 0.25) is 0 Å². The molecule has 0 spiro atoms. The zero-order valence-corrected chi connectivity index (χ0v) is 20.4. The molecule has 1 aromatic rings. The van der Waals surface area contributed by atoms with E-state index in [0.717, 1.165) is 56.1 Å². The molecule has 1 N–H and O–H groups in total. The second-order valence-corrected chi connectivity index (χ2v) is 8.87. The molecule has 2 unspecified atom stereocenters. The number of aliphatic imine (C=N–C) groups is 1. The Hall–Kier alpha value is -0.380. The molecule has 2 saturated heterocycles. The number of ether oxygens (including phenoxy) is 2. The second kappa shape index (κ2) is 10.1. The van der Waals surface area contributed by atoms with Crippen LogP contribution < -0.4 is 5.32 Å². The summed E-state index contributed by atoms with van der Waals surface area (Å²) >= 11 is 3.62. The number of hydrogen-bond acceptors (Lipinski definition) is 3. The van der Waals surface area contributed by atoms with Crippen molar-refractivity contribution in [3.63, 3.8) is 0 Å². The maximum atomic E-state index is 5.99. The summed E-state index contributed by atoms with van der Waals surface area (Å²) in [5, 5.41) is 3.68. The Labute approximate surface area is 193 Å². The molecule has 1 aliphatic carbocycles. The van der Waals surface area contributed by atoms with E-state index in [1.165, 1.54) is 24.8 Å². The highest BCUT2D eigenvalue weighted by atomic mass is 127. The summed E-state index contributed by atoms with van der Waals surface area (Å²) in [5.41, 5.74) is 1.64. The zero-order chi connectivity index (χ0) is 18.7. The molecular formula is C21H31BrIN3O2. The van der Waals surface area contributed by atoms with Gasteiger partial charge >= 0.3 is 0 Å². The average molecular weight is 564 g/mol. The monoisotopic (exact) mass is 563 g/mol. The van der Waals surface area contributed by atoms with Crippen molar-refractivity contribution in [2.24, 2.45) is 4.99 Å². The first-order valence-electron chi connectivity index (χ1n) is 10.2. The molecule has 4 rings (SSSR count). The third-order valence-electron chi connectivity index (χ3n) is 6.32. The van der Waals surface area contributed by atoms with E-state index in [2.05, 4.69) is 55.4 Å². The van der Waals surface area contributed by atoms with Crippen molar-refractivity contribution >= 4 is 45.9 Å². The van der Waals surface area contributed by atoms with Crippen molar-refractivity contribution in [2.75, 3.05) is 39.9 Å². The quantitative estimate of drug-likeness (QED) is 0.342.